The summed E-state index contributed by atoms with van der Waals surface area (Å²) >= 11 is 0. The predicted molar refractivity (Wildman–Crippen MR) is 83.9 cm³/mol. The van der Waals surface area contributed by atoms with Crippen LogP contribution in [0.15, 0.2) is 60.7 Å². The summed E-state index contributed by atoms with van der Waals surface area (Å²) in [6.45, 7) is 2.46. The molecule has 1 aliphatic rings. The molecule has 0 spiro atoms. The summed E-state index contributed by atoms with van der Waals surface area (Å²) in [5.74, 6) is 0.466. The van der Waals surface area contributed by atoms with Crippen LogP contribution < -0.4 is 4.48 Å². The average Bonchev–Trinajstić information content (AvgIpc) is 2.56. The SMILES string of the molecule is OCC1CC[N+](c2ccccc2)(c2ccccc2)CC1. The van der Waals surface area contributed by atoms with Crippen molar-refractivity contribution in [1.82, 2.24) is 4.48 Å². The molecular formula is C18H22NO+. The maximum absolute atomic E-state index is 9.40. The van der Waals surface area contributed by atoms with Gasteiger partial charge in [0.05, 0.1) is 13.1 Å². The van der Waals surface area contributed by atoms with Gasteiger partial charge in [-0.15, -0.1) is 0 Å². The van der Waals surface area contributed by atoms with Crippen molar-refractivity contribution in [2.75, 3.05) is 19.7 Å². The van der Waals surface area contributed by atoms with Crippen LogP contribution in [0.4, 0.5) is 11.4 Å². The van der Waals surface area contributed by atoms with Gasteiger partial charge in [-0.2, -0.15) is 0 Å². The topological polar surface area (TPSA) is 20.2 Å². The summed E-state index contributed by atoms with van der Waals surface area (Å²) in [6, 6.07) is 21.5. The van der Waals surface area contributed by atoms with Crippen LogP contribution in [0.1, 0.15) is 12.8 Å². The minimum atomic E-state index is 0.323. The van der Waals surface area contributed by atoms with E-state index in [1.54, 1.807) is 0 Å². The Morgan fingerprint density at radius 3 is 1.65 bits per heavy atom. The largest absolute Gasteiger partial charge is 0.396 e. The molecule has 0 radical (unpaired) electrons. The number of hydrogen-bond donors (Lipinski definition) is 1. The van der Waals surface area contributed by atoms with E-state index in [1.165, 1.54) is 11.4 Å². The van der Waals surface area contributed by atoms with Crippen LogP contribution >= 0.6 is 0 Å². The molecule has 1 aliphatic heterocycles. The maximum Gasteiger partial charge on any atom is 0.137 e. The van der Waals surface area contributed by atoms with Gasteiger partial charge in [0.1, 0.15) is 11.4 Å². The highest BCUT2D eigenvalue weighted by atomic mass is 16.3. The van der Waals surface area contributed by atoms with E-state index < -0.39 is 0 Å². The normalized spacial score (nSPS) is 18.9. The van der Waals surface area contributed by atoms with Crippen LogP contribution in [-0.4, -0.2) is 24.8 Å². The van der Waals surface area contributed by atoms with Gasteiger partial charge in [0.15, 0.2) is 0 Å². The first-order valence-electron chi connectivity index (χ1n) is 7.44. The van der Waals surface area contributed by atoms with Crippen LogP contribution in [0.2, 0.25) is 0 Å². The molecule has 1 fully saturated rings. The Hall–Kier alpha value is -1.64. The maximum atomic E-state index is 9.40. The molecule has 2 aromatic rings. The van der Waals surface area contributed by atoms with Gasteiger partial charge in [0.2, 0.25) is 0 Å². The Morgan fingerprint density at radius 2 is 1.25 bits per heavy atom. The van der Waals surface area contributed by atoms with Gasteiger partial charge in [0.25, 0.3) is 0 Å². The van der Waals surface area contributed by atoms with Gasteiger partial charge in [-0.05, 0) is 30.2 Å². The van der Waals surface area contributed by atoms with Gasteiger partial charge >= 0.3 is 0 Å². The van der Waals surface area contributed by atoms with Gasteiger partial charge in [0, 0.05) is 19.4 Å². The van der Waals surface area contributed by atoms with Crippen molar-refractivity contribution in [3.63, 3.8) is 0 Å². The minimum Gasteiger partial charge on any atom is -0.396 e. The van der Waals surface area contributed by atoms with Crippen molar-refractivity contribution in [3.05, 3.63) is 60.7 Å². The van der Waals surface area contributed by atoms with Gasteiger partial charge < -0.3 is 5.11 Å². The molecule has 0 bridgehead atoms. The second-order valence-corrected chi connectivity index (χ2v) is 5.71. The highest BCUT2D eigenvalue weighted by Gasteiger charge is 2.37. The lowest BCUT2D eigenvalue weighted by Crippen LogP contribution is -2.50. The molecule has 104 valence electrons. The second-order valence-electron chi connectivity index (χ2n) is 5.71. The van der Waals surface area contributed by atoms with Crippen LogP contribution in [-0.2, 0) is 0 Å². The second kappa shape index (κ2) is 5.78. The molecule has 2 nitrogen and oxygen atoms in total. The number of aliphatic hydroxyl groups is 1. The standard InChI is InChI=1S/C18H22NO/c20-15-16-11-13-19(14-12-16,17-7-3-1-4-8-17)18-9-5-2-6-10-18/h1-10,16,20H,11-15H2/q+1. The zero-order valence-corrected chi connectivity index (χ0v) is 11.8. The van der Waals surface area contributed by atoms with Gasteiger partial charge in [-0.1, -0.05) is 36.4 Å². The predicted octanol–water partition coefficient (Wildman–Crippen LogP) is 3.73. The fourth-order valence-electron chi connectivity index (χ4n) is 3.34. The number of aliphatic hydroxyl groups excluding tert-OH is 1. The first-order chi connectivity index (χ1) is 9.85. The summed E-state index contributed by atoms with van der Waals surface area (Å²) in [5.41, 5.74) is 2.71. The molecule has 2 aromatic carbocycles. The van der Waals surface area contributed by atoms with Gasteiger partial charge in [-0.3, -0.25) is 4.48 Å². The van der Waals surface area contributed by atoms with E-state index in [2.05, 4.69) is 60.7 Å². The minimum absolute atomic E-state index is 0.323. The molecule has 0 amide bonds. The van der Waals surface area contributed by atoms with Crippen LogP contribution in [0.5, 0.6) is 0 Å². The van der Waals surface area contributed by atoms with Crippen molar-refractivity contribution >= 4 is 11.4 Å². The number of rotatable bonds is 3. The van der Waals surface area contributed by atoms with Crippen molar-refractivity contribution in [3.8, 4) is 0 Å². The lowest BCUT2D eigenvalue weighted by Gasteiger charge is -2.42. The zero-order chi connectivity index (χ0) is 13.8. The van der Waals surface area contributed by atoms with E-state index in [0.29, 0.717) is 12.5 Å². The number of benzene rings is 2. The molecule has 0 saturated carbocycles. The summed E-state index contributed by atoms with van der Waals surface area (Å²) in [6.07, 6.45) is 2.17. The van der Waals surface area contributed by atoms with E-state index in [0.717, 1.165) is 30.4 Å². The molecule has 3 rings (SSSR count). The summed E-state index contributed by atoms with van der Waals surface area (Å²) in [7, 11) is 0. The molecule has 2 heteroatoms. The Kier molecular flexibility index (Phi) is 3.86. The summed E-state index contributed by atoms with van der Waals surface area (Å²) < 4.78 is 0.915. The molecule has 1 N–H and O–H groups in total. The quantitative estimate of drug-likeness (QED) is 0.841. The first-order valence-corrected chi connectivity index (χ1v) is 7.44. The Morgan fingerprint density at radius 1 is 0.800 bits per heavy atom. The Balaban J connectivity index is 2.01. The van der Waals surface area contributed by atoms with Crippen molar-refractivity contribution in [2.24, 2.45) is 5.92 Å². The lowest BCUT2D eigenvalue weighted by atomic mass is 9.94. The van der Waals surface area contributed by atoms with Crippen LogP contribution in [0.3, 0.4) is 0 Å². The number of piperidine rings is 1. The van der Waals surface area contributed by atoms with E-state index in [-0.39, 0.29) is 0 Å². The van der Waals surface area contributed by atoms with Crippen LogP contribution in [0.25, 0.3) is 0 Å². The molecule has 1 heterocycles. The van der Waals surface area contributed by atoms with Gasteiger partial charge in [-0.25, -0.2) is 0 Å². The van der Waals surface area contributed by atoms with E-state index in [4.69, 9.17) is 0 Å². The number of para-hydroxylation sites is 2. The molecule has 20 heavy (non-hydrogen) atoms. The molecular weight excluding hydrogens is 246 g/mol. The third-order valence-corrected chi connectivity index (χ3v) is 4.60. The van der Waals surface area contributed by atoms with Crippen molar-refractivity contribution in [2.45, 2.75) is 12.8 Å². The average molecular weight is 268 g/mol. The van der Waals surface area contributed by atoms with Crippen LogP contribution in [0, 0.1) is 5.92 Å². The monoisotopic (exact) mass is 268 g/mol. The first kappa shape index (κ1) is 13.3. The molecule has 0 aliphatic carbocycles. The van der Waals surface area contributed by atoms with Crippen molar-refractivity contribution in [1.29, 1.82) is 0 Å². The fraction of sp³-hybridized carbons (Fsp3) is 0.333. The molecule has 0 atom stereocenters. The highest BCUT2D eigenvalue weighted by Crippen LogP contribution is 2.39. The zero-order valence-electron chi connectivity index (χ0n) is 11.8. The lowest BCUT2D eigenvalue weighted by molar-refractivity contribution is 0.161. The highest BCUT2D eigenvalue weighted by molar-refractivity contribution is 5.58. The number of nitrogens with zero attached hydrogens (tertiary/aromatic N) is 1. The Labute approximate surface area is 120 Å². The third kappa shape index (κ3) is 2.37. The Bertz CT molecular complexity index is 488. The molecule has 0 aromatic heterocycles. The smallest absolute Gasteiger partial charge is 0.137 e. The summed E-state index contributed by atoms with van der Waals surface area (Å²) in [4.78, 5) is 0. The van der Waals surface area contributed by atoms with E-state index in [1.807, 2.05) is 0 Å². The van der Waals surface area contributed by atoms with Crippen molar-refractivity contribution < 1.29 is 5.11 Å². The summed E-state index contributed by atoms with van der Waals surface area (Å²) in [5, 5.41) is 9.40. The fourth-order valence-corrected chi connectivity index (χ4v) is 3.34. The van der Waals surface area contributed by atoms with E-state index in [9.17, 15) is 5.11 Å². The number of hydrogen-bond acceptors (Lipinski definition) is 1. The third-order valence-electron chi connectivity index (χ3n) is 4.60. The molecule has 1 saturated heterocycles. The number of quaternary nitrogens is 1. The van der Waals surface area contributed by atoms with E-state index >= 15 is 0 Å². The molecule has 0 unspecified atom stereocenters.